The predicted octanol–water partition coefficient (Wildman–Crippen LogP) is 6.01. The lowest BCUT2D eigenvalue weighted by molar-refractivity contribution is -0.121. The van der Waals surface area contributed by atoms with Crippen LogP contribution in [-0.4, -0.2) is 34.0 Å². The first-order chi connectivity index (χ1) is 16.8. The first-order valence-corrected chi connectivity index (χ1v) is 12.9. The number of likely N-dealkylation sites (tertiary alicyclic amines) is 1. The fourth-order valence-corrected chi connectivity index (χ4v) is 4.79. The van der Waals surface area contributed by atoms with Gasteiger partial charge in [-0.3, -0.25) is 9.69 Å². The molecule has 3 aromatic rings. The van der Waals surface area contributed by atoms with E-state index in [1.54, 1.807) is 0 Å². The average molecular weight is 475 g/mol. The van der Waals surface area contributed by atoms with Gasteiger partial charge in [0, 0.05) is 17.8 Å². The second kappa shape index (κ2) is 10.7. The number of rotatable bonds is 7. The zero-order valence-corrected chi connectivity index (χ0v) is 21.7. The highest BCUT2D eigenvalue weighted by molar-refractivity contribution is 5.94. The summed E-state index contributed by atoms with van der Waals surface area (Å²) in [6.07, 6.45) is 3.67. The minimum absolute atomic E-state index is 0.0503. The molecule has 2 aromatic carbocycles. The Morgan fingerprint density at radius 2 is 1.77 bits per heavy atom. The Labute approximate surface area is 209 Å². The van der Waals surface area contributed by atoms with Gasteiger partial charge in [-0.1, -0.05) is 82.2 Å². The number of nitrogens with zero attached hydrogens (tertiary/aromatic N) is 3. The Hall–Kier alpha value is -2.99. The molecular weight excluding hydrogens is 436 g/mol. The number of anilines is 1. The molecule has 1 atom stereocenters. The van der Waals surface area contributed by atoms with Crippen LogP contribution in [0.2, 0.25) is 0 Å². The summed E-state index contributed by atoms with van der Waals surface area (Å²) in [7, 11) is 0. The van der Waals surface area contributed by atoms with E-state index < -0.39 is 0 Å². The molecule has 0 radical (unpaired) electrons. The monoisotopic (exact) mass is 474 g/mol. The van der Waals surface area contributed by atoms with Gasteiger partial charge in [0.1, 0.15) is 0 Å². The number of carbonyl (C=O) groups is 1. The van der Waals surface area contributed by atoms with Crippen LogP contribution in [0, 0.1) is 5.92 Å². The Morgan fingerprint density at radius 3 is 2.40 bits per heavy atom. The number of carbonyl (C=O) groups excluding carboxylic acids is 1. The van der Waals surface area contributed by atoms with Gasteiger partial charge in [0.05, 0.1) is 12.5 Å². The van der Waals surface area contributed by atoms with Crippen LogP contribution < -0.4 is 5.32 Å². The summed E-state index contributed by atoms with van der Waals surface area (Å²) < 4.78 is 5.57. The summed E-state index contributed by atoms with van der Waals surface area (Å²) in [6, 6.07) is 14.6. The van der Waals surface area contributed by atoms with Crippen molar-refractivity contribution in [1.82, 2.24) is 15.0 Å². The number of piperidine rings is 1. The van der Waals surface area contributed by atoms with Crippen molar-refractivity contribution in [2.45, 2.75) is 72.3 Å². The third kappa shape index (κ3) is 5.99. The molecule has 4 rings (SSSR count). The molecule has 0 saturated carbocycles. The molecule has 2 heterocycles. The zero-order valence-electron chi connectivity index (χ0n) is 21.7. The van der Waals surface area contributed by atoms with E-state index in [1.165, 1.54) is 16.7 Å². The Balaban J connectivity index is 1.39. The second-order valence-corrected chi connectivity index (χ2v) is 10.6. The van der Waals surface area contributed by atoms with Gasteiger partial charge in [-0.25, -0.2) is 0 Å². The van der Waals surface area contributed by atoms with E-state index in [2.05, 4.69) is 97.4 Å². The van der Waals surface area contributed by atoms with Gasteiger partial charge < -0.3 is 9.84 Å². The van der Waals surface area contributed by atoms with Crippen molar-refractivity contribution in [3.8, 4) is 11.4 Å². The van der Waals surface area contributed by atoms with Gasteiger partial charge >= 0.3 is 0 Å². The summed E-state index contributed by atoms with van der Waals surface area (Å²) in [6.45, 7) is 13.0. The van der Waals surface area contributed by atoms with Crippen LogP contribution in [0.3, 0.4) is 0 Å². The van der Waals surface area contributed by atoms with E-state index in [9.17, 15) is 4.79 Å². The topological polar surface area (TPSA) is 71.3 Å². The smallest absolute Gasteiger partial charge is 0.241 e. The summed E-state index contributed by atoms with van der Waals surface area (Å²) in [5, 5.41) is 7.46. The summed E-state index contributed by atoms with van der Waals surface area (Å²) in [5.41, 5.74) is 5.71. The molecule has 1 saturated heterocycles. The molecule has 6 heteroatoms. The lowest BCUT2D eigenvalue weighted by Crippen LogP contribution is -2.40. The first-order valence-electron chi connectivity index (χ1n) is 12.9. The minimum atomic E-state index is -0.0503. The SMILES string of the molecule is CCc1cccc(CC)c1NC(=O)C1CCCN(Cc2nc(-c3ccc(C(C)(C)C)cc3)no2)C1. The van der Waals surface area contributed by atoms with E-state index in [0.717, 1.165) is 43.5 Å². The molecule has 1 unspecified atom stereocenters. The van der Waals surface area contributed by atoms with E-state index in [-0.39, 0.29) is 17.2 Å². The van der Waals surface area contributed by atoms with Crippen molar-refractivity contribution < 1.29 is 9.32 Å². The highest BCUT2D eigenvalue weighted by Crippen LogP contribution is 2.27. The fraction of sp³-hybridized carbons (Fsp3) is 0.483. The van der Waals surface area contributed by atoms with Crippen molar-refractivity contribution in [2.75, 3.05) is 18.4 Å². The van der Waals surface area contributed by atoms with Gasteiger partial charge in [-0.15, -0.1) is 0 Å². The van der Waals surface area contributed by atoms with Crippen LogP contribution in [0.25, 0.3) is 11.4 Å². The highest BCUT2D eigenvalue weighted by atomic mass is 16.5. The third-order valence-electron chi connectivity index (χ3n) is 6.96. The molecule has 1 amide bonds. The van der Waals surface area contributed by atoms with Gasteiger partial charge in [0.25, 0.3) is 0 Å². The number of amides is 1. The average Bonchev–Trinajstić information content (AvgIpc) is 3.32. The number of hydrogen-bond donors (Lipinski definition) is 1. The minimum Gasteiger partial charge on any atom is -0.338 e. The number of aromatic nitrogens is 2. The lowest BCUT2D eigenvalue weighted by atomic mass is 9.87. The number of para-hydroxylation sites is 1. The van der Waals surface area contributed by atoms with E-state index in [4.69, 9.17) is 4.52 Å². The van der Waals surface area contributed by atoms with Crippen molar-refractivity contribution in [3.63, 3.8) is 0 Å². The van der Waals surface area contributed by atoms with Crippen LogP contribution in [0.5, 0.6) is 0 Å². The molecule has 186 valence electrons. The molecule has 35 heavy (non-hydrogen) atoms. The number of aryl methyl sites for hydroxylation is 2. The summed E-state index contributed by atoms with van der Waals surface area (Å²) >= 11 is 0. The van der Waals surface area contributed by atoms with Crippen LogP contribution in [0.1, 0.15) is 70.0 Å². The third-order valence-corrected chi connectivity index (χ3v) is 6.96. The highest BCUT2D eigenvalue weighted by Gasteiger charge is 2.28. The molecular formula is C29H38N4O2. The number of benzene rings is 2. The molecule has 1 aromatic heterocycles. The maximum absolute atomic E-state index is 13.2. The molecule has 1 fully saturated rings. The maximum Gasteiger partial charge on any atom is 0.241 e. The summed E-state index contributed by atoms with van der Waals surface area (Å²) in [4.78, 5) is 20.1. The molecule has 1 aliphatic heterocycles. The lowest BCUT2D eigenvalue weighted by Gasteiger charge is -2.31. The predicted molar refractivity (Wildman–Crippen MR) is 140 cm³/mol. The number of hydrogen-bond acceptors (Lipinski definition) is 5. The molecule has 0 aliphatic carbocycles. The van der Waals surface area contributed by atoms with Gasteiger partial charge in [0.15, 0.2) is 0 Å². The number of nitrogens with one attached hydrogen (secondary N) is 1. The Bertz CT molecular complexity index is 1120. The molecule has 1 N–H and O–H groups in total. The standard InChI is InChI=1S/C29H38N4O2/c1-6-20-10-8-11-21(7-2)26(20)31-28(34)23-12-9-17-33(18-23)19-25-30-27(32-35-25)22-13-15-24(16-14-22)29(3,4)5/h8,10-11,13-16,23H,6-7,9,12,17-19H2,1-5H3,(H,31,34). The maximum atomic E-state index is 13.2. The summed E-state index contributed by atoms with van der Waals surface area (Å²) in [5.74, 6) is 1.25. The normalized spacial score (nSPS) is 16.9. The van der Waals surface area contributed by atoms with Crippen LogP contribution in [0.4, 0.5) is 5.69 Å². The van der Waals surface area contributed by atoms with Crippen molar-refractivity contribution >= 4 is 11.6 Å². The molecule has 0 bridgehead atoms. The fourth-order valence-electron chi connectivity index (χ4n) is 4.79. The van der Waals surface area contributed by atoms with Gasteiger partial charge in [-0.2, -0.15) is 4.98 Å². The van der Waals surface area contributed by atoms with Gasteiger partial charge in [0.2, 0.25) is 17.6 Å². The second-order valence-electron chi connectivity index (χ2n) is 10.6. The van der Waals surface area contributed by atoms with Crippen molar-refractivity contribution in [1.29, 1.82) is 0 Å². The van der Waals surface area contributed by atoms with Crippen molar-refractivity contribution in [2.24, 2.45) is 5.92 Å². The Kier molecular flexibility index (Phi) is 7.70. The molecule has 1 aliphatic rings. The van der Waals surface area contributed by atoms with Crippen LogP contribution in [-0.2, 0) is 29.6 Å². The molecule has 0 spiro atoms. The Morgan fingerprint density at radius 1 is 1.09 bits per heavy atom. The van der Waals surface area contributed by atoms with Crippen LogP contribution >= 0.6 is 0 Å². The van der Waals surface area contributed by atoms with E-state index >= 15 is 0 Å². The van der Waals surface area contributed by atoms with E-state index in [1.807, 2.05) is 0 Å². The first kappa shape index (κ1) is 25.1. The van der Waals surface area contributed by atoms with Gasteiger partial charge in [-0.05, 0) is 54.3 Å². The molecule has 6 nitrogen and oxygen atoms in total. The van der Waals surface area contributed by atoms with Crippen LogP contribution in [0.15, 0.2) is 47.0 Å². The van der Waals surface area contributed by atoms with E-state index in [0.29, 0.717) is 24.8 Å². The largest absolute Gasteiger partial charge is 0.338 e. The quantitative estimate of drug-likeness (QED) is 0.454. The van der Waals surface area contributed by atoms with Crippen molar-refractivity contribution in [3.05, 3.63) is 65.0 Å². The zero-order chi connectivity index (χ0) is 25.0.